The van der Waals surface area contributed by atoms with Crippen LogP contribution in [0.3, 0.4) is 0 Å². The minimum Gasteiger partial charge on any atom is -0.455 e. The fourth-order valence-electron chi connectivity index (χ4n) is 2.56. The maximum atomic E-state index is 13.1. The van der Waals surface area contributed by atoms with Crippen molar-refractivity contribution in [2.45, 2.75) is 25.8 Å². The van der Waals surface area contributed by atoms with Crippen LogP contribution in [0, 0.1) is 11.7 Å². The number of rotatable bonds is 6. The molecule has 8 heteroatoms. The van der Waals surface area contributed by atoms with Crippen LogP contribution in [0.5, 0.6) is 0 Å². The second-order valence-electron chi connectivity index (χ2n) is 6.01. The molecule has 2 unspecified atom stereocenters. The Balaban J connectivity index is 1.74. The number of carbonyl (C=O) groups excluding carboxylic acids is 2. The lowest BCUT2D eigenvalue weighted by Gasteiger charge is -2.13. The summed E-state index contributed by atoms with van der Waals surface area (Å²) in [5.74, 6) is -2.01. The van der Waals surface area contributed by atoms with Crippen molar-refractivity contribution in [3.8, 4) is 0 Å². The van der Waals surface area contributed by atoms with Crippen molar-refractivity contribution >= 4 is 21.7 Å². The summed E-state index contributed by atoms with van der Waals surface area (Å²) in [5, 5.41) is 2.54. The van der Waals surface area contributed by atoms with Crippen LogP contribution in [-0.4, -0.2) is 44.4 Å². The van der Waals surface area contributed by atoms with Crippen molar-refractivity contribution < 1.29 is 27.1 Å². The van der Waals surface area contributed by atoms with Crippen molar-refractivity contribution in [3.05, 3.63) is 35.6 Å². The molecule has 1 aliphatic rings. The molecule has 0 radical (unpaired) electrons. The van der Waals surface area contributed by atoms with Gasteiger partial charge in [0.05, 0.1) is 17.4 Å². The first-order valence-corrected chi connectivity index (χ1v) is 9.48. The van der Waals surface area contributed by atoms with Gasteiger partial charge in [0, 0.05) is 6.04 Å². The van der Waals surface area contributed by atoms with E-state index in [2.05, 4.69) is 5.32 Å². The average molecular weight is 357 g/mol. The molecule has 1 fully saturated rings. The highest BCUT2D eigenvalue weighted by Crippen LogP contribution is 2.12. The molecule has 2 atom stereocenters. The van der Waals surface area contributed by atoms with Gasteiger partial charge in [0.1, 0.15) is 5.82 Å². The second-order valence-corrected chi connectivity index (χ2v) is 8.24. The third-order valence-electron chi connectivity index (χ3n) is 3.78. The third-order valence-corrected chi connectivity index (χ3v) is 5.54. The first kappa shape index (κ1) is 18.4. The quantitative estimate of drug-likeness (QED) is 0.763. The van der Waals surface area contributed by atoms with E-state index >= 15 is 0 Å². The molecule has 2 rings (SSSR count). The molecule has 0 saturated carbocycles. The molecule has 1 heterocycles. The number of ether oxygens (including phenoxy) is 1. The molecule has 1 aromatic carbocycles. The summed E-state index contributed by atoms with van der Waals surface area (Å²) in [7, 11) is -3.08. The Morgan fingerprint density at radius 3 is 2.79 bits per heavy atom. The SMILES string of the molecule is CC(Cc1cccc(F)c1)C(=O)OCC(=O)NC1CCS(=O)(=O)C1. The number of amides is 1. The Labute approximate surface area is 140 Å². The molecule has 0 spiro atoms. The van der Waals surface area contributed by atoms with Gasteiger partial charge in [0.15, 0.2) is 16.4 Å². The van der Waals surface area contributed by atoms with Crippen LogP contribution in [0.4, 0.5) is 4.39 Å². The Hall–Kier alpha value is -1.96. The molecule has 1 amide bonds. The summed E-state index contributed by atoms with van der Waals surface area (Å²) in [6, 6.07) is 5.51. The van der Waals surface area contributed by atoms with Crippen LogP contribution in [0.1, 0.15) is 18.9 Å². The maximum absolute atomic E-state index is 13.1. The lowest BCUT2D eigenvalue weighted by molar-refractivity contribution is -0.152. The highest BCUT2D eigenvalue weighted by molar-refractivity contribution is 7.91. The van der Waals surface area contributed by atoms with Gasteiger partial charge in [0.2, 0.25) is 0 Å². The van der Waals surface area contributed by atoms with Crippen molar-refractivity contribution in [3.63, 3.8) is 0 Å². The number of hydrogen-bond acceptors (Lipinski definition) is 5. The molecular formula is C16H20FNO5S. The van der Waals surface area contributed by atoms with Gasteiger partial charge in [-0.3, -0.25) is 9.59 Å². The lowest BCUT2D eigenvalue weighted by Crippen LogP contribution is -2.38. The summed E-state index contributed by atoms with van der Waals surface area (Å²) in [4.78, 5) is 23.6. The molecule has 1 aromatic rings. The van der Waals surface area contributed by atoms with E-state index in [0.717, 1.165) is 0 Å². The Bertz CT molecular complexity index is 719. The fourth-order valence-corrected chi connectivity index (χ4v) is 4.23. The first-order valence-electron chi connectivity index (χ1n) is 7.66. The zero-order valence-electron chi connectivity index (χ0n) is 13.3. The van der Waals surface area contributed by atoms with Crippen LogP contribution >= 0.6 is 0 Å². The zero-order chi connectivity index (χ0) is 17.7. The second kappa shape index (κ2) is 7.74. The Morgan fingerprint density at radius 1 is 1.42 bits per heavy atom. The largest absolute Gasteiger partial charge is 0.455 e. The monoisotopic (exact) mass is 357 g/mol. The molecule has 6 nitrogen and oxygen atoms in total. The smallest absolute Gasteiger partial charge is 0.309 e. The summed E-state index contributed by atoms with van der Waals surface area (Å²) >= 11 is 0. The van der Waals surface area contributed by atoms with Crippen LogP contribution < -0.4 is 5.32 Å². The number of halogens is 1. The van der Waals surface area contributed by atoms with E-state index in [4.69, 9.17) is 4.74 Å². The molecule has 24 heavy (non-hydrogen) atoms. The summed E-state index contributed by atoms with van der Waals surface area (Å²) in [5.41, 5.74) is 0.667. The molecule has 1 saturated heterocycles. The van der Waals surface area contributed by atoms with Gasteiger partial charge < -0.3 is 10.1 Å². The van der Waals surface area contributed by atoms with Gasteiger partial charge in [-0.05, 0) is 30.5 Å². The van der Waals surface area contributed by atoms with Crippen molar-refractivity contribution in [2.75, 3.05) is 18.1 Å². The number of carbonyl (C=O) groups is 2. The Kier molecular flexibility index (Phi) is 5.93. The number of benzene rings is 1. The van der Waals surface area contributed by atoms with Crippen LogP contribution in [-0.2, 0) is 30.6 Å². The van der Waals surface area contributed by atoms with E-state index in [0.29, 0.717) is 18.4 Å². The standard InChI is InChI=1S/C16H20FNO5S/c1-11(7-12-3-2-4-13(17)8-12)16(20)23-9-15(19)18-14-5-6-24(21,22)10-14/h2-4,8,11,14H,5-7,9-10H2,1H3,(H,18,19). The molecule has 0 aromatic heterocycles. The lowest BCUT2D eigenvalue weighted by atomic mass is 10.0. The minimum atomic E-state index is -3.08. The van der Waals surface area contributed by atoms with Gasteiger partial charge >= 0.3 is 5.97 Å². The zero-order valence-corrected chi connectivity index (χ0v) is 14.1. The van der Waals surface area contributed by atoms with Crippen LogP contribution in [0.2, 0.25) is 0 Å². The van der Waals surface area contributed by atoms with E-state index in [1.165, 1.54) is 12.1 Å². The van der Waals surface area contributed by atoms with E-state index < -0.39 is 40.3 Å². The summed E-state index contributed by atoms with van der Waals surface area (Å²) in [6.07, 6.45) is 0.678. The molecule has 0 bridgehead atoms. The molecule has 132 valence electrons. The normalized spacial score (nSPS) is 20.3. The van der Waals surface area contributed by atoms with Crippen molar-refractivity contribution in [1.29, 1.82) is 0 Å². The topological polar surface area (TPSA) is 89.5 Å². The summed E-state index contributed by atoms with van der Waals surface area (Å²) in [6.45, 7) is 1.18. The van der Waals surface area contributed by atoms with E-state index in [9.17, 15) is 22.4 Å². The van der Waals surface area contributed by atoms with Gasteiger partial charge in [-0.15, -0.1) is 0 Å². The first-order chi connectivity index (χ1) is 11.2. The maximum Gasteiger partial charge on any atom is 0.309 e. The highest BCUT2D eigenvalue weighted by Gasteiger charge is 2.29. The third kappa shape index (κ3) is 5.59. The number of sulfone groups is 1. The fraction of sp³-hybridized carbons (Fsp3) is 0.500. The number of esters is 1. The Morgan fingerprint density at radius 2 is 2.17 bits per heavy atom. The van der Waals surface area contributed by atoms with Crippen LogP contribution in [0.15, 0.2) is 24.3 Å². The molecular weight excluding hydrogens is 337 g/mol. The van der Waals surface area contributed by atoms with E-state index in [1.54, 1.807) is 19.1 Å². The molecule has 1 aliphatic heterocycles. The van der Waals surface area contributed by atoms with Gasteiger partial charge in [-0.1, -0.05) is 19.1 Å². The predicted molar refractivity (Wildman–Crippen MR) is 85.4 cm³/mol. The van der Waals surface area contributed by atoms with Gasteiger partial charge in [-0.2, -0.15) is 0 Å². The number of nitrogens with one attached hydrogen (secondary N) is 1. The number of hydrogen-bond donors (Lipinski definition) is 1. The van der Waals surface area contributed by atoms with Crippen molar-refractivity contribution in [1.82, 2.24) is 5.32 Å². The van der Waals surface area contributed by atoms with Gasteiger partial charge in [0.25, 0.3) is 5.91 Å². The minimum absolute atomic E-state index is 0.0579. The predicted octanol–water partition coefficient (Wildman–Crippen LogP) is 0.851. The average Bonchev–Trinajstić information content (AvgIpc) is 2.83. The van der Waals surface area contributed by atoms with Crippen molar-refractivity contribution in [2.24, 2.45) is 5.92 Å². The summed E-state index contributed by atoms with van der Waals surface area (Å²) < 4.78 is 40.7. The van der Waals surface area contributed by atoms with Crippen LogP contribution in [0.25, 0.3) is 0 Å². The van der Waals surface area contributed by atoms with E-state index in [-0.39, 0.29) is 17.3 Å². The molecule has 1 N–H and O–H groups in total. The van der Waals surface area contributed by atoms with Gasteiger partial charge in [-0.25, -0.2) is 12.8 Å². The van der Waals surface area contributed by atoms with E-state index in [1.807, 2.05) is 0 Å². The molecule has 0 aliphatic carbocycles. The highest BCUT2D eigenvalue weighted by atomic mass is 32.2.